The van der Waals surface area contributed by atoms with Gasteiger partial charge in [-0.2, -0.15) is 4.31 Å². The molecule has 2 heterocycles. The van der Waals surface area contributed by atoms with Crippen LogP contribution in [0.5, 0.6) is 0 Å². The number of hydrogen-bond acceptors (Lipinski definition) is 4. The van der Waals surface area contributed by atoms with Crippen molar-refractivity contribution in [1.82, 2.24) is 8.87 Å². The second-order valence-electron chi connectivity index (χ2n) is 8.98. The van der Waals surface area contributed by atoms with Crippen molar-refractivity contribution >= 4 is 37.7 Å². The number of fused-ring (bicyclic) bond motifs is 2. The number of halogens is 1. The summed E-state index contributed by atoms with van der Waals surface area (Å²) in [5.74, 6) is -0.668. The molecule has 0 amide bonds. The largest absolute Gasteiger partial charge is 0.468 e. The smallest absolute Gasteiger partial charge is 0.325 e. The lowest BCUT2D eigenvalue weighted by Gasteiger charge is -2.32. The molecule has 5 rings (SSSR count). The van der Waals surface area contributed by atoms with E-state index in [-0.39, 0.29) is 24.2 Å². The fourth-order valence-corrected chi connectivity index (χ4v) is 7.02. The van der Waals surface area contributed by atoms with Crippen molar-refractivity contribution in [1.29, 1.82) is 0 Å². The molecule has 35 heavy (non-hydrogen) atoms. The monoisotopic (exact) mass is 494 g/mol. The highest BCUT2D eigenvalue weighted by molar-refractivity contribution is 7.89. The number of nitrogens with zero attached hydrogens (tertiary/aromatic N) is 2. The molecule has 1 fully saturated rings. The highest BCUT2D eigenvalue weighted by Crippen LogP contribution is 2.39. The van der Waals surface area contributed by atoms with Crippen LogP contribution in [0.4, 0.5) is 4.39 Å². The quantitative estimate of drug-likeness (QED) is 0.367. The number of esters is 1. The third-order valence-corrected chi connectivity index (χ3v) is 9.04. The van der Waals surface area contributed by atoms with Crippen molar-refractivity contribution in [3.05, 3.63) is 77.7 Å². The van der Waals surface area contributed by atoms with E-state index in [9.17, 15) is 17.6 Å². The minimum absolute atomic E-state index is 0.0404. The Balaban J connectivity index is 1.46. The van der Waals surface area contributed by atoms with E-state index in [4.69, 9.17) is 4.74 Å². The van der Waals surface area contributed by atoms with Crippen molar-refractivity contribution in [3.8, 4) is 0 Å². The van der Waals surface area contributed by atoms with Gasteiger partial charge in [-0.3, -0.25) is 4.79 Å². The van der Waals surface area contributed by atoms with Crippen LogP contribution in [0.1, 0.15) is 30.0 Å². The third-order valence-electron chi connectivity index (χ3n) is 7.08. The fraction of sp³-hybridized carbons (Fsp3) is 0.296. The van der Waals surface area contributed by atoms with Crippen LogP contribution in [0, 0.1) is 12.7 Å². The van der Waals surface area contributed by atoms with Gasteiger partial charge in [0.15, 0.2) is 0 Å². The predicted octanol–water partition coefficient (Wildman–Crippen LogP) is 4.98. The van der Waals surface area contributed by atoms with Crippen LogP contribution >= 0.6 is 0 Å². The van der Waals surface area contributed by atoms with Gasteiger partial charge >= 0.3 is 5.97 Å². The minimum Gasteiger partial charge on any atom is -0.468 e. The summed E-state index contributed by atoms with van der Waals surface area (Å²) in [5, 5.41) is 2.37. The Bertz CT molecular complexity index is 1530. The summed E-state index contributed by atoms with van der Waals surface area (Å²) in [4.78, 5) is 12.3. The van der Waals surface area contributed by atoms with E-state index >= 15 is 0 Å². The number of carbonyl (C=O) groups excluding carboxylic acids is 1. The fourth-order valence-electron chi connectivity index (χ4n) is 5.34. The van der Waals surface area contributed by atoms with Crippen molar-refractivity contribution in [2.24, 2.45) is 0 Å². The summed E-state index contributed by atoms with van der Waals surface area (Å²) in [6.07, 6.45) is 1.22. The van der Waals surface area contributed by atoms with Gasteiger partial charge in [-0.1, -0.05) is 36.4 Å². The molecule has 0 saturated carbocycles. The Morgan fingerprint density at radius 2 is 1.74 bits per heavy atom. The number of benzene rings is 3. The standard InChI is InChI=1S/C27H27FN2O4S/c1-18-27(23-16-21(28)10-11-24(23)30(18)17-26(31)34-2)20-12-14-29(15-13-20)35(32,33)25-9-5-7-19-6-3-4-8-22(19)25/h3-11,16,20H,12-15,17H2,1-2H3. The van der Waals surface area contributed by atoms with Gasteiger partial charge in [0.25, 0.3) is 0 Å². The van der Waals surface area contributed by atoms with E-state index in [1.54, 1.807) is 22.5 Å². The Labute approximate surface area is 204 Å². The summed E-state index contributed by atoms with van der Waals surface area (Å²) < 4.78 is 49.6. The maximum Gasteiger partial charge on any atom is 0.325 e. The molecule has 8 heteroatoms. The van der Waals surface area contributed by atoms with Crippen LogP contribution < -0.4 is 0 Å². The van der Waals surface area contributed by atoms with Gasteiger partial charge in [0.05, 0.1) is 12.0 Å². The number of sulfonamides is 1. The molecular formula is C27H27FN2O4S. The number of rotatable bonds is 5. The van der Waals surface area contributed by atoms with Gasteiger partial charge in [-0.25, -0.2) is 12.8 Å². The van der Waals surface area contributed by atoms with Gasteiger partial charge in [-0.05, 0) is 60.9 Å². The number of ether oxygens (including phenoxy) is 1. The molecule has 0 atom stereocenters. The van der Waals surface area contributed by atoms with Crippen molar-refractivity contribution in [2.45, 2.75) is 37.1 Å². The number of carbonyl (C=O) groups is 1. The first-order chi connectivity index (χ1) is 16.8. The Kier molecular flexibility index (Phi) is 6.11. The van der Waals surface area contributed by atoms with Gasteiger partial charge in [0, 0.05) is 35.1 Å². The molecule has 1 aromatic heterocycles. The maximum absolute atomic E-state index is 14.2. The summed E-state index contributed by atoms with van der Waals surface area (Å²) in [6.45, 7) is 2.71. The molecule has 182 valence electrons. The summed E-state index contributed by atoms with van der Waals surface area (Å²) in [6, 6.07) is 17.4. The number of aromatic nitrogens is 1. The number of methoxy groups -OCH3 is 1. The van der Waals surface area contributed by atoms with Crippen molar-refractivity contribution < 1.29 is 22.3 Å². The van der Waals surface area contributed by atoms with E-state index in [1.165, 1.54) is 19.2 Å². The molecule has 0 spiro atoms. The van der Waals surface area contributed by atoms with Gasteiger partial charge in [0.1, 0.15) is 12.4 Å². The minimum atomic E-state index is -3.66. The Morgan fingerprint density at radius 3 is 2.49 bits per heavy atom. The van der Waals surface area contributed by atoms with Crippen molar-refractivity contribution in [2.75, 3.05) is 20.2 Å². The number of hydrogen-bond donors (Lipinski definition) is 0. The van der Waals surface area contributed by atoms with E-state index in [0.717, 1.165) is 27.5 Å². The van der Waals surface area contributed by atoms with Crippen LogP contribution in [0.25, 0.3) is 21.7 Å². The molecule has 0 unspecified atom stereocenters. The van der Waals surface area contributed by atoms with Crippen LogP contribution in [-0.2, 0) is 26.1 Å². The number of piperidine rings is 1. The van der Waals surface area contributed by atoms with Crippen LogP contribution in [0.3, 0.4) is 0 Å². The second kappa shape index (κ2) is 9.09. The van der Waals surface area contributed by atoms with E-state index in [2.05, 4.69) is 0 Å². The lowest BCUT2D eigenvalue weighted by Crippen LogP contribution is -2.38. The summed E-state index contributed by atoms with van der Waals surface area (Å²) in [5.41, 5.74) is 2.63. The second-order valence-corrected chi connectivity index (χ2v) is 10.9. The van der Waals surface area contributed by atoms with Crippen LogP contribution in [0.15, 0.2) is 65.6 Å². The lowest BCUT2D eigenvalue weighted by molar-refractivity contribution is -0.141. The average Bonchev–Trinajstić information content (AvgIpc) is 3.13. The topological polar surface area (TPSA) is 68.6 Å². The van der Waals surface area contributed by atoms with Gasteiger partial charge in [0.2, 0.25) is 10.0 Å². The molecule has 0 radical (unpaired) electrons. The zero-order chi connectivity index (χ0) is 24.7. The highest BCUT2D eigenvalue weighted by Gasteiger charge is 2.33. The average molecular weight is 495 g/mol. The molecule has 1 aliphatic heterocycles. The van der Waals surface area contributed by atoms with Crippen LogP contribution in [-0.4, -0.2) is 43.5 Å². The van der Waals surface area contributed by atoms with Gasteiger partial charge < -0.3 is 9.30 Å². The molecule has 3 aromatic carbocycles. The normalized spacial score (nSPS) is 15.6. The van der Waals surface area contributed by atoms with Crippen molar-refractivity contribution in [3.63, 3.8) is 0 Å². The zero-order valence-electron chi connectivity index (χ0n) is 19.7. The molecule has 0 aliphatic carbocycles. The first-order valence-electron chi connectivity index (χ1n) is 11.6. The zero-order valence-corrected chi connectivity index (χ0v) is 20.5. The Morgan fingerprint density at radius 1 is 1.03 bits per heavy atom. The third kappa shape index (κ3) is 4.10. The van der Waals surface area contributed by atoms with E-state index in [0.29, 0.717) is 36.2 Å². The van der Waals surface area contributed by atoms with Gasteiger partial charge in [-0.15, -0.1) is 0 Å². The van der Waals surface area contributed by atoms with Crippen LogP contribution in [0.2, 0.25) is 0 Å². The molecule has 6 nitrogen and oxygen atoms in total. The lowest BCUT2D eigenvalue weighted by atomic mass is 9.88. The first-order valence-corrected chi connectivity index (χ1v) is 13.1. The summed E-state index contributed by atoms with van der Waals surface area (Å²) in [7, 11) is -2.32. The van der Waals surface area contributed by atoms with E-state index < -0.39 is 10.0 Å². The molecule has 0 bridgehead atoms. The SMILES string of the molecule is COC(=O)Cn1c(C)c(C2CCN(S(=O)(=O)c3cccc4ccccc34)CC2)c2cc(F)ccc21. The molecule has 0 N–H and O–H groups in total. The highest BCUT2D eigenvalue weighted by atomic mass is 32.2. The molecule has 1 aliphatic rings. The first kappa shape index (κ1) is 23.5. The summed E-state index contributed by atoms with van der Waals surface area (Å²) >= 11 is 0. The predicted molar refractivity (Wildman–Crippen MR) is 133 cm³/mol. The van der Waals surface area contributed by atoms with E-state index in [1.807, 2.05) is 41.8 Å². The maximum atomic E-state index is 14.2. The molecule has 1 saturated heterocycles. The Hall–Kier alpha value is -3.23. The molecule has 4 aromatic rings. The molecular weight excluding hydrogens is 467 g/mol.